The Morgan fingerprint density at radius 3 is 2.12 bits per heavy atom. The molecule has 0 aliphatic rings. The summed E-state index contributed by atoms with van der Waals surface area (Å²) >= 11 is 0. The van der Waals surface area contributed by atoms with E-state index in [9.17, 15) is 4.79 Å². The summed E-state index contributed by atoms with van der Waals surface area (Å²) in [5.41, 5.74) is 3.41. The second kappa shape index (κ2) is 2.24. The van der Waals surface area contributed by atoms with E-state index in [-0.39, 0.29) is 5.92 Å². The van der Waals surface area contributed by atoms with Gasteiger partial charge in [-0.2, -0.15) is 0 Å². The summed E-state index contributed by atoms with van der Waals surface area (Å²) in [4.78, 5) is 9.89. The van der Waals surface area contributed by atoms with Crippen molar-refractivity contribution in [2.45, 2.75) is 19.6 Å². The molecule has 1 atom stereocenters. The molecule has 0 saturated heterocycles. The monoisotopic (exact) mass is 117 g/mol. The predicted octanol–water partition coefficient (Wildman–Crippen LogP) is -0.511. The first-order chi connectivity index (χ1) is 3.50. The summed E-state index contributed by atoms with van der Waals surface area (Å²) in [6.07, 6.45) is 0.345. The molecule has 0 aliphatic carbocycles. The van der Waals surface area contributed by atoms with Crippen LogP contribution in [-0.2, 0) is 4.79 Å². The van der Waals surface area contributed by atoms with Crippen LogP contribution in [0.25, 0.3) is 0 Å². The highest BCUT2D eigenvalue weighted by atomic mass is 16.3. The van der Waals surface area contributed by atoms with Crippen molar-refractivity contribution in [3.63, 3.8) is 0 Å². The van der Waals surface area contributed by atoms with Crippen molar-refractivity contribution in [2.24, 2.45) is 11.7 Å². The van der Waals surface area contributed by atoms with Crippen LogP contribution in [0.15, 0.2) is 0 Å². The van der Waals surface area contributed by atoms with Gasteiger partial charge in [0.25, 0.3) is 0 Å². The third-order valence-electron chi connectivity index (χ3n) is 1.11. The molecule has 0 saturated carbocycles. The molecule has 0 radical (unpaired) electrons. The van der Waals surface area contributed by atoms with E-state index in [0.29, 0.717) is 6.29 Å². The Balaban J connectivity index is 3.90. The largest absolute Gasteiger partial charge is 0.369 e. The van der Waals surface area contributed by atoms with E-state index >= 15 is 0 Å². The van der Waals surface area contributed by atoms with E-state index in [1.54, 1.807) is 13.8 Å². The Morgan fingerprint density at radius 1 is 1.75 bits per heavy atom. The van der Waals surface area contributed by atoms with E-state index in [4.69, 9.17) is 10.8 Å². The van der Waals surface area contributed by atoms with Crippen LogP contribution in [0.1, 0.15) is 13.8 Å². The lowest BCUT2D eigenvalue weighted by Crippen LogP contribution is -2.46. The molecule has 0 rings (SSSR count). The molecule has 0 fully saturated rings. The fourth-order valence-electron chi connectivity index (χ4n) is 0.136. The first kappa shape index (κ1) is 7.59. The SMILES string of the molecule is CC(C)C(N)(O)C=O. The summed E-state index contributed by atoms with van der Waals surface area (Å²) < 4.78 is 0. The zero-order valence-electron chi connectivity index (χ0n) is 5.09. The average molecular weight is 117 g/mol. The van der Waals surface area contributed by atoms with E-state index in [0.717, 1.165) is 0 Å². The van der Waals surface area contributed by atoms with Gasteiger partial charge >= 0.3 is 0 Å². The molecular formula is C5H11NO2. The number of hydrogen-bond acceptors (Lipinski definition) is 3. The van der Waals surface area contributed by atoms with Crippen molar-refractivity contribution in [2.75, 3.05) is 0 Å². The molecule has 0 aromatic rings. The van der Waals surface area contributed by atoms with Crippen LogP contribution >= 0.6 is 0 Å². The van der Waals surface area contributed by atoms with Crippen molar-refractivity contribution < 1.29 is 9.90 Å². The van der Waals surface area contributed by atoms with Gasteiger partial charge in [-0.1, -0.05) is 13.8 Å². The van der Waals surface area contributed by atoms with Crippen LogP contribution in [0.4, 0.5) is 0 Å². The molecule has 3 nitrogen and oxygen atoms in total. The number of hydrogen-bond donors (Lipinski definition) is 2. The molecule has 0 heterocycles. The number of aliphatic hydroxyl groups is 1. The highest BCUT2D eigenvalue weighted by Crippen LogP contribution is 2.04. The molecule has 0 aromatic carbocycles. The minimum atomic E-state index is -1.64. The van der Waals surface area contributed by atoms with Gasteiger partial charge in [-0.05, 0) is 0 Å². The van der Waals surface area contributed by atoms with Gasteiger partial charge in [0.05, 0.1) is 0 Å². The highest BCUT2D eigenvalue weighted by Gasteiger charge is 2.23. The van der Waals surface area contributed by atoms with E-state index < -0.39 is 5.72 Å². The number of carbonyl (C=O) groups excluding carboxylic acids is 1. The zero-order valence-corrected chi connectivity index (χ0v) is 5.09. The van der Waals surface area contributed by atoms with Crippen LogP contribution in [0, 0.1) is 5.92 Å². The highest BCUT2D eigenvalue weighted by molar-refractivity contribution is 5.61. The lowest BCUT2D eigenvalue weighted by molar-refractivity contribution is -0.127. The maximum absolute atomic E-state index is 9.89. The first-order valence-corrected chi connectivity index (χ1v) is 2.48. The molecule has 0 amide bonds. The van der Waals surface area contributed by atoms with Crippen LogP contribution in [0.3, 0.4) is 0 Å². The minimum absolute atomic E-state index is 0.222. The molecule has 0 aromatic heterocycles. The van der Waals surface area contributed by atoms with Crippen LogP contribution in [0.5, 0.6) is 0 Å². The third kappa shape index (κ3) is 1.60. The van der Waals surface area contributed by atoms with Crippen LogP contribution in [-0.4, -0.2) is 17.1 Å². The summed E-state index contributed by atoms with van der Waals surface area (Å²) in [5, 5.41) is 8.81. The molecule has 3 heteroatoms. The zero-order chi connectivity index (χ0) is 6.78. The van der Waals surface area contributed by atoms with Gasteiger partial charge in [0.2, 0.25) is 0 Å². The van der Waals surface area contributed by atoms with Gasteiger partial charge in [-0.15, -0.1) is 0 Å². The van der Waals surface area contributed by atoms with Gasteiger partial charge < -0.3 is 5.11 Å². The number of rotatable bonds is 2. The standard InChI is InChI=1S/C5H11NO2/c1-4(2)5(6,8)3-7/h3-4,8H,6H2,1-2H3. The molecule has 0 aliphatic heterocycles. The van der Waals surface area contributed by atoms with Crippen molar-refractivity contribution in [1.29, 1.82) is 0 Å². The Morgan fingerprint density at radius 2 is 2.12 bits per heavy atom. The third-order valence-corrected chi connectivity index (χ3v) is 1.11. The van der Waals surface area contributed by atoms with Gasteiger partial charge in [0, 0.05) is 5.92 Å². The number of nitrogens with two attached hydrogens (primary N) is 1. The Labute approximate surface area is 48.5 Å². The van der Waals surface area contributed by atoms with Crippen molar-refractivity contribution in [1.82, 2.24) is 0 Å². The lowest BCUT2D eigenvalue weighted by Gasteiger charge is -2.19. The summed E-state index contributed by atoms with van der Waals surface area (Å²) in [7, 11) is 0. The Kier molecular flexibility index (Phi) is 2.12. The maximum atomic E-state index is 9.89. The fraction of sp³-hybridized carbons (Fsp3) is 0.800. The van der Waals surface area contributed by atoms with Crippen LogP contribution < -0.4 is 5.73 Å². The van der Waals surface area contributed by atoms with Gasteiger partial charge in [0.1, 0.15) is 0 Å². The maximum Gasteiger partial charge on any atom is 0.172 e. The second-order valence-corrected chi connectivity index (χ2v) is 2.16. The van der Waals surface area contributed by atoms with Crippen LogP contribution in [0.2, 0.25) is 0 Å². The van der Waals surface area contributed by atoms with Crippen molar-refractivity contribution in [3.8, 4) is 0 Å². The molecule has 0 bridgehead atoms. The van der Waals surface area contributed by atoms with E-state index in [2.05, 4.69) is 0 Å². The topological polar surface area (TPSA) is 63.3 Å². The van der Waals surface area contributed by atoms with Gasteiger partial charge in [0.15, 0.2) is 12.0 Å². The minimum Gasteiger partial charge on any atom is -0.369 e. The van der Waals surface area contributed by atoms with E-state index in [1.165, 1.54) is 0 Å². The molecular weight excluding hydrogens is 106 g/mol. The quantitative estimate of drug-likeness (QED) is 0.378. The smallest absolute Gasteiger partial charge is 0.172 e. The number of carbonyl (C=O) groups is 1. The summed E-state index contributed by atoms with van der Waals surface area (Å²) in [6.45, 7) is 3.35. The Bertz CT molecular complexity index is 88.4. The molecule has 48 valence electrons. The molecule has 1 unspecified atom stereocenters. The second-order valence-electron chi connectivity index (χ2n) is 2.16. The number of aldehydes is 1. The predicted molar refractivity (Wildman–Crippen MR) is 30.0 cm³/mol. The first-order valence-electron chi connectivity index (χ1n) is 2.48. The molecule has 0 spiro atoms. The Hall–Kier alpha value is -0.410. The fourth-order valence-corrected chi connectivity index (χ4v) is 0.136. The summed E-state index contributed by atoms with van der Waals surface area (Å²) in [5.74, 6) is -0.222. The van der Waals surface area contributed by atoms with Gasteiger partial charge in [-0.3, -0.25) is 10.5 Å². The van der Waals surface area contributed by atoms with Crippen molar-refractivity contribution >= 4 is 6.29 Å². The average Bonchev–Trinajstić information content (AvgIpc) is 1.67. The van der Waals surface area contributed by atoms with Gasteiger partial charge in [-0.25, -0.2) is 0 Å². The molecule has 3 N–H and O–H groups in total. The molecule has 8 heavy (non-hydrogen) atoms. The summed E-state index contributed by atoms with van der Waals surface area (Å²) in [6, 6.07) is 0. The lowest BCUT2D eigenvalue weighted by atomic mass is 10.0. The van der Waals surface area contributed by atoms with E-state index in [1.807, 2.05) is 0 Å². The van der Waals surface area contributed by atoms with Crippen molar-refractivity contribution in [3.05, 3.63) is 0 Å². The normalized spacial score (nSPS) is 18.1.